The van der Waals surface area contributed by atoms with Crippen molar-refractivity contribution in [3.05, 3.63) is 90.0 Å². The SMILES string of the molecule is COc1ccc(C23OC(=N)C(C#N)(C2C)C(C#N)(C#N)C(c2cccc(Oc4ccccc4)c2)O3)cc1. The van der Waals surface area contributed by atoms with E-state index in [0.29, 0.717) is 28.4 Å². The molecule has 5 rings (SSSR count). The Labute approximate surface area is 214 Å². The van der Waals surface area contributed by atoms with Gasteiger partial charge in [0.15, 0.2) is 5.41 Å². The van der Waals surface area contributed by atoms with Gasteiger partial charge in [0.25, 0.3) is 0 Å². The Hall–Kier alpha value is -4.84. The third-order valence-electron chi connectivity index (χ3n) is 7.30. The molecule has 4 unspecified atom stereocenters. The van der Waals surface area contributed by atoms with Gasteiger partial charge in [-0.3, -0.25) is 5.41 Å². The molecule has 2 fully saturated rings. The smallest absolute Gasteiger partial charge is 0.244 e. The van der Waals surface area contributed by atoms with Crippen LogP contribution in [0.3, 0.4) is 0 Å². The van der Waals surface area contributed by atoms with Crippen molar-refractivity contribution >= 4 is 5.90 Å². The zero-order valence-corrected chi connectivity index (χ0v) is 20.1. The fourth-order valence-corrected chi connectivity index (χ4v) is 5.36. The van der Waals surface area contributed by atoms with Crippen molar-refractivity contribution in [2.24, 2.45) is 16.7 Å². The molecule has 3 aromatic carbocycles. The minimum Gasteiger partial charge on any atom is -0.497 e. The lowest BCUT2D eigenvalue weighted by Gasteiger charge is -2.48. The van der Waals surface area contributed by atoms with E-state index in [-0.39, 0.29) is 0 Å². The van der Waals surface area contributed by atoms with Gasteiger partial charge in [-0.05, 0) is 54.1 Å². The number of rotatable bonds is 5. The maximum atomic E-state index is 10.5. The standard InChI is InChI=1S/C29H22N4O4/c1-19-28(18-32)26(33)37-29(19,21-11-13-22(34-2)14-12-21)36-25(27(28,16-30)17-31)20-7-6-10-24(15-20)35-23-8-4-3-5-9-23/h3-15,19,25,33H,1-2H3. The molecular formula is C29H22N4O4. The fraction of sp³-hybridized carbons (Fsp3) is 0.241. The van der Waals surface area contributed by atoms with Crippen LogP contribution in [0, 0.1) is 56.2 Å². The van der Waals surface area contributed by atoms with Gasteiger partial charge in [0, 0.05) is 5.56 Å². The second kappa shape index (κ2) is 8.68. The lowest BCUT2D eigenvalue weighted by molar-refractivity contribution is -0.288. The van der Waals surface area contributed by atoms with Crippen LogP contribution in [0.15, 0.2) is 78.9 Å². The maximum Gasteiger partial charge on any atom is 0.244 e. The molecule has 0 amide bonds. The van der Waals surface area contributed by atoms with E-state index in [0.717, 1.165) is 0 Å². The molecule has 0 saturated carbocycles. The number of fused-ring (bicyclic) bond motifs is 2. The van der Waals surface area contributed by atoms with Gasteiger partial charge in [-0.2, -0.15) is 15.8 Å². The van der Waals surface area contributed by atoms with Crippen LogP contribution in [0.2, 0.25) is 0 Å². The van der Waals surface area contributed by atoms with Crippen molar-refractivity contribution in [2.45, 2.75) is 18.8 Å². The van der Waals surface area contributed by atoms with Crippen molar-refractivity contribution in [3.63, 3.8) is 0 Å². The number of methoxy groups -OCH3 is 1. The zero-order chi connectivity index (χ0) is 26.3. The Morgan fingerprint density at radius 3 is 2.14 bits per heavy atom. The first-order valence-electron chi connectivity index (χ1n) is 11.6. The average Bonchev–Trinajstić information content (AvgIpc) is 3.10. The number of hydrogen-bond donors (Lipinski definition) is 1. The van der Waals surface area contributed by atoms with Crippen molar-refractivity contribution in [1.29, 1.82) is 21.2 Å². The van der Waals surface area contributed by atoms with Gasteiger partial charge in [0.05, 0.1) is 31.2 Å². The molecule has 2 aliphatic heterocycles. The van der Waals surface area contributed by atoms with Crippen LogP contribution in [0.25, 0.3) is 0 Å². The minimum absolute atomic E-state index is 0.444. The van der Waals surface area contributed by atoms with Crippen LogP contribution in [0.1, 0.15) is 24.2 Å². The van der Waals surface area contributed by atoms with Crippen molar-refractivity contribution < 1.29 is 18.9 Å². The van der Waals surface area contributed by atoms with E-state index in [1.54, 1.807) is 74.7 Å². The molecule has 2 saturated heterocycles. The van der Waals surface area contributed by atoms with Crippen LogP contribution in [-0.2, 0) is 15.3 Å². The normalized spacial score (nSPS) is 27.2. The number of ether oxygens (including phenoxy) is 4. The van der Waals surface area contributed by atoms with E-state index in [4.69, 9.17) is 24.4 Å². The molecule has 2 heterocycles. The zero-order valence-electron chi connectivity index (χ0n) is 20.1. The monoisotopic (exact) mass is 490 g/mol. The molecule has 4 atom stereocenters. The first kappa shape index (κ1) is 23.9. The van der Waals surface area contributed by atoms with E-state index < -0.39 is 34.5 Å². The van der Waals surface area contributed by atoms with Gasteiger partial charge >= 0.3 is 0 Å². The van der Waals surface area contributed by atoms with Crippen molar-refractivity contribution in [3.8, 4) is 35.5 Å². The Bertz CT molecular complexity index is 1470. The van der Waals surface area contributed by atoms with E-state index in [1.165, 1.54) is 0 Å². The summed E-state index contributed by atoms with van der Waals surface area (Å²) in [4.78, 5) is 0. The summed E-state index contributed by atoms with van der Waals surface area (Å²) in [5, 5.41) is 40.1. The lowest BCUT2D eigenvalue weighted by Crippen LogP contribution is -2.57. The molecule has 2 aliphatic rings. The van der Waals surface area contributed by atoms with Crippen LogP contribution in [0.4, 0.5) is 0 Å². The summed E-state index contributed by atoms with van der Waals surface area (Å²) < 4.78 is 23.8. The molecule has 8 heteroatoms. The topological polar surface area (TPSA) is 132 Å². The van der Waals surface area contributed by atoms with Gasteiger partial charge in [0.1, 0.15) is 23.4 Å². The molecular weight excluding hydrogens is 468 g/mol. The summed E-state index contributed by atoms with van der Waals surface area (Å²) in [7, 11) is 1.55. The highest BCUT2D eigenvalue weighted by atomic mass is 16.7. The summed E-state index contributed by atoms with van der Waals surface area (Å²) in [5.74, 6) is -1.24. The fourth-order valence-electron chi connectivity index (χ4n) is 5.36. The molecule has 2 bridgehead atoms. The molecule has 182 valence electrons. The van der Waals surface area contributed by atoms with Crippen LogP contribution in [0.5, 0.6) is 17.2 Å². The molecule has 8 nitrogen and oxygen atoms in total. The Morgan fingerprint density at radius 1 is 0.838 bits per heavy atom. The number of nitriles is 3. The van der Waals surface area contributed by atoms with Crippen molar-refractivity contribution in [1.82, 2.24) is 0 Å². The largest absolute Gasteiger partial charge is 0.497 e. The average molecular weight is 491 g/mol. The summed E-state index contributed by atoms with van der Waals surface area (Å²) in [5.41, 5.74) is -2.99. The number of nitrogens with zero attached hydrogens (tertiary/aromatic N) is 3. The number of hydrogen-bond acceptors (Lipinski definition) is 8. The van der Waals surface area contributed by atoms with Gasteiger partial charge in [-0.15, -0.1) is 0 Å². The number of para-hydroxylation sites is 1. The Morgan fingerprint density at radius 2 is 1.51 bits per heavy atom. The quantitative estimate of drug-likeness (QED) is 0.492. The summed E-state index contributed by atoms with van der Waals surface area (Å²) in [6.07, 6.45) is -1.23. The number of nitrogens with one attached hydrogen (secondary N) is 1. The number of benzene rings is 3. The molecule has 0 spiro atoms. The van der Waals surface area contributed by atoms with Crippen LogP contribution in [-0.4, -0.2) is 13.0 Å². The summed E-state index contributed by atoms with van der Waals surface area (Å²) >= 11 is 0. The first-order valence-corrected chi connectivity index (χ1v) is 11.6. The van der Waals surface area contributed by atoms with Crippen LogP contribution >= 0.6 is 0 Å². The molecule has 1 N–H and O–H groups in total. The summed E-state index contributed by atoms with van der Waals surface area (Å²) in [6, 6.07) is 29.2. The van der Waals surface area contributed by atoms with Crippen LogP contribution < -0.4 is 9.47 Å². The molecule has 37 heavy (non-hydrogen) atoms. The maximum absolute atomic E-state index is 10.5. The van der Waals surface area contributed by atoms with E-state index in [2.05, 4.69) is 18.2 Å². The minimum atomic E-state index is -2.07. The van der Waals surface area contributed by atoms with E-state index >= 15 is 0 Å². The highest BCUT2D eigenvalue weighted by molar-refractivity contribution is 5.89. The molecule has 3 aromatic rings. The third kappa shape index (κ3) is 3.19. The Balaban J connectivity index is 1.69. The van der Waals surface area contributed by atoms with Gasteiger partial charge < -0.3 is 18.9 Å². The third-order valence-corrected chi connectivity index (χ3v) is 7.30. The lowest BCUT2D eigenvalue weighted by atomic mass is 9.53. The van der Waals surface area contributed by atoms with Crippen molar-refractivity contribution in [2.75, 3.05) is 7.11 Å². The van der Waals surface area contributed by atoms with E-state index in [9.17, 15) is 15.8 Å². The molecule has 0 aliphatic carbocycles. The highest BCUT2D eigenvalue weighted by Crippen LogP contribution is 2.69. The molecule has 0 aromatic heterocycles. The van der Waals surface area contributed by atoms with Gasteiger partial charge in [0.2, 0.25) is 17.1 Å². The second-order valence-electron chi connectivity index (χ2n) is 8.99. The summed E-state index contributed by atoms with van der Waals surface area (Å²) in [6.45, 7) is 1.67. The van der Waals surface area contributed by atoms with E-state index in [1.807, 2.05) is 18.2 Å². The highest BCUT2D eigenvalue weighted by Gasteiger charge is 2.79. The first-order chi connectivity index (χ1) is 17.9. The van der Waals surface area contributed by atoms with Gasteiger partial charge in [-0.1, -0.05) is 37.3 Å². The second-order valence-corrected chi connectivity index (χ2v) is 8.99. The molecule has 0 radical (unpaired) electrons. The predicted octanol–water partition coefficient (Wildman–Crippen LogP) is 5.60. The Kier molecular flexibility index (Phi) is 5.60. The predicted molar refractivity (Wildman–Crippen MR) is 131 cm³/mol. The van der Waals surface area contributed by atoms with Gasteiger partial charge in [-0.25, -0.2) is 0 Å².